The van der Waals surface area contributed by atoms with E-state index in [2.05, 4.69) is 15.0 Å². The van der Waals surface area contributed by atoms with Gasteiger partial charge in [-0.3, -0.25) is 4.79 Å². The van der Waals surface area contributed by atoms with E-state index in [4.69, 9.17) is 4.42 Å². The Morgan fingerprint density at radius 1 is 1.09 bits per heavy atom. The quantitative estimate of drug-likeness (QED) is 0.427. The highest BCUT2D eigenvalue weighted by Crippen LogP contribution is 2.17. The van der Waals surface area contributed by atoms with Crippen LogP contribution in [0.15, 0.2) is 70.2 Å². The molecule has 4 rings (SSSR count). The first-order chi connectivity index (χ1) is 15.3. The molecule has 2 N–H and O–H groups in total. The smallest absolute Gasteiger partial charge is 0.251 e. The fourth-order valence-electron chi connectivity index (χ4n) is 3.53. The molecule has 0 spiro atoms. The van der Waals surface area contributed by atoms with Crippen LogP contribution in [-0.2, 0) is 23.1 Å². The predicted octanol–water partition coefficient (Wildman–Crippen LogP) is 3.15. The van der Waals surface area contributed by atoms with E-state index in [0.717, 1.165) is 16.9 Å². The number of nitrogens with zero attached hydrogens (tertiary/aromatic N) is 2. The van der Waals surface area contributed by atoms with Crippen LogP contribution in [0.25, 0.3) is 11.0 Å². The first-order valence-electron chi connectivity index (χ1n) is 10.2. The van der Waals surface area contributed by atoms with Gasteiger partial charge in [-0.1, -0.05) is 18.2 Å². The van der Waals surface area contributed by atoms with Gasteiger partial charge < -0.3 is 14.3 Å². The lowest BCUT2D eigenvalue weighted by molar-refractivity contribution is 0.0951. The molecule has 2 aromatic carbocycles. The summed E-state index contributed by atoms with van der Waals surface area (Å²) in [4.78, 5) is 17.4. The minimum atomic E-state index is -3.80. The maximum Gasteiger partial charge on any atom is 0.251 e. The second kappa shape index (κ2) is 8.97. The van der Waals surface area contributed by atoms with Crippen molar-refractivity contribution < 1.29 is 17.6 Å². The third kappa shape index (κ3) is 4.58. The molecule has 8 nitrogen and oxygen atoms in total. The Labute approximate surface area is 186 Å². The minimum absolute atomic E-state index is 0.0243. The maximum atomic E-state index is 12.8. The summed E-state index contributed by atoms with van der Waals surface area (Å²) < 4.78 is 35.0. The van der Waals surface area contributed by atoms with Gasteiger partial charge in [0.15, 0.2) is 0 Å². The van der Waals surface area contributed by atoms with Crippen molar-refractivity contribution >= 4 is 27.0 Å². The van der Waals surface area contributed by atoms with E-state index in [1.807, 2.05) is 35.8 Å². The van der Waals surface area contributed by atoms with Gasteiger partial charge in [0.05, 0.1) is 28.7 Å². The van der Waals surface area contributed by atoms with Crippen molar-refractivity contribution in [1.82, 2.24) is 19.6 Å². The minimum Gasteiger partial charge on any atom is -0.468 e. The summed E-state index contributed by atoms with van der Waals surface area (Å²) in [5.74, 6) is 1.04. The van der Waals surface area contributed by atoms with Gasteiger partial charge in [0.2, 0.25) is 10.0 Å². The lowest BCUT2D eigenvalue weighted by Gasteiger charge is -2.12. The number of hydrogen-bond acceptors (Lipinski definition) is 5. The van der Waals surface area contributed by atoms with Crippen molar-refractivity contribution in [3.05, 3.63) is 83.6 Å². The monoisotopic (exact) mass is 452 g/mol. The fraction of sp³-hybridized carbons (Fsp3) is 0.217. The molecule has 0 saturated carbocycles. The molecule has 0 fully saturated rings. The Bertz CT molecular complexity index is 1360. The zero-order valence-electron chi connectivity index (χ0n) is 17.8. The van der Waals surface area contributed by atoms with E-state index in [9.17, 15) is 13.2 Å². The molecule has 0 unspecified atom stereocenters. The van der Waals surface area contributed by atoms with E-state index in [0.29, 0.717) is 30.0 Å². The summed E-state index contributed by atoms with van der Waals surface area (Å²) >= 11 is 0. The number of fused-ring (bicyclic) bond motifs is 1. The van der Waals surface area contributed by atoms with Crippen LogP contribution in [0.2, 0.25) is 0 Å². The Morgan fingerprint density at radius 2 is 1.91 bits per heavy atom. The molecule has 0 aliphatic carbocycles. The Balaban J connectivity index is 1.44. The highest BCUT2D eigenvalue weighted by molar-refractivity contribution is 7.89. The molecule has 166 valence electrons. The number of furan rings is 1. The topological polar surface area (TPSA) is 106 Å². The van der Waals surface area contributed by atoms with Gasteiger partial charge in [0, 0.05) is 18.7 Å². The van der Waals surface area contributed by atoms with E-state index >= 15 is 0 Å². The Kier molecular flexibility index (Phi) is 6.11. The molecule has 32 heavy (non-hydrogen) atoms. The number of nitrogens with one attached hydrogen (secondary N) is 2. The first kappa shape index (κ1) is 21.8. The molecule has 0 bridgehead atoms. The van der Waals surface area contributed by atoms with E-state index in [-0.39, 0.29) is 17.3 Å². The van der Waals surface area contributed by atoms with Crippen molar-refractivity contribution in [2.45, 2.75) is 31.8 Å². The van der Waals surface area contributed by atoms with Crippen molar-refractivity contribution in [3.8, 4) is 0 Å². The SMILES string of the molecule is Cc1ccc(S(=O)(=O)NCc2ccco2)cc1C(=O)NCCn1c(C)nc2ccccc21. The van der Waals surface area contributed by atoms with Crippen LogP contribution in [0, 0.1) is 13.8 Å². The third-order valence-electron chi connectivity index (χ3n) is 5.25. The van der Waals surface area contributed by atoms with Crippen molar-refractivity contribution in [2.24, 2.45) is 0 Å². The van der Waals surface area contributed by atoms with Crippen LogP contribution in [-0.4, -0.2) is 30.4 Å². The summed E-state index contributed by atoms with van der Waals surface area (Å²) in [5.41, 5.74) is 2.92. The molecule has 0 saturated heterocycles. The van der Waals surface area contributed by atoms with Crippen LogP contribution in [0.4, 0.5) is 0 Å². The average molecular weight is 453 g/mol. The Hall–Kier alpha value is -3.43. The Morgan fingerprint density at radius 3 is 2.69 bits per heavy atom. The van der Waals surface area contributed by atoms with Crippen molar-refractivity contribution in [2.75, 3.05) is 6.54 Å². The van der Waals surface area contributed by atoms with E-state index < -0.39 is 10.0 Å². The summed E-state index contributed by atoms with van der Waals surface area (Å²) in [5, 5.41) is 2.89. The standard InChI is InChI=1S/C23H24N4O4S/c1-16-9-10-19(32(29,30)25-15-18-6-5-13-31-18)14-20(16)23(28)24-11-12-27-17(2)26-21-7-3-4-8-22(21)27/h3-10,13-14,25H,11-12,15H2,1-2H3,(H,24,28). The van der Waals surface area contributed by atoms with Crippen molar-refractivity contribution in [3.63, 3.8) is 0 Å². The largest absolute Gasteiger partial charge is 0.468 e. The molecule has 4 aromatic rings. The number of para-hydroxylation sites is 2. The van der Waals surface area contributed by atoms with E-state index in [1.54, 1.807) is 25.1 Å². The van der Waals surface area contributed by atoms with Gasteiger partial charge in [-0.25, -0.2) is 18.1 Å². The van der Waals surface area contributed by atoms with Gasteiger partial charge in [0.1, 0.15) is 11.6 Å². The van der Waals surface area contributed by atoms with Gasteiger partial charge >= 0.3 is 0 Å². The van der Waals surface area contributed by atoms with Crippen LogP contribution in [0.5, 0.6) is 0 Å². The number of sulfonamides is 1. The molecule has 2 heterocycles. The van der Waals surface area contributed by atoms with Crippen LogP contribution in [0.3, 0.4) is 0 Å². The molecule has 1 amide bonds. The number of amides is 1. The number of aryl methyl sites for hydroxylation is 2. The number of rotatable bonds is 8. The van der Waals surface area contributed by atoms with Gasteiger partial charge in [-0.05, 0) is 55.8 Å². The first-order valence-corrected chi connectivity index (χ1v) is 11.7. The molecule has 0 aliphatic heterocycles. The average Bonchev–Trinajstić information content (AvgIpc) is 3.40. The lowest BCUT2D eigenvalue weighted by atomic mass is 10.1. The predicted molar refractivity (Wildman–Crippen MR) is 121 cm³/mol. The molecule has 0 radical (unpaired) electrons. The number of carbonyl (C=O) groups excluding carboxylic acids is 1. The summed E-state index contributed by atoms with van der Waals surface area (Å²) in [6, 6.07) is 15.7. The summed E-state index contributed by atoms with van der Waals surface area (Å²) in [6.45, 7) is 4.67. The maximum absolute atomic E-state index is 12.8. The third-order valence-corrected chi connectivity index (χ3v) is 6.65. The number of carbonyl (C=O) groups is 1. The van der Waals surface area contributed by atoms with Crippen molar-refractivity contribution in [1.29, 1.82) is 0 Å². The zero-order valence-corrected chi connectivity index (χ0v) is 18.6. The number of benzene rings is 2. The zero-order chi connectivity index (χ0) is 22.7. The molecule has 0 aliphatic rings. The van der Waals surface area contributed by atoms with Crippen LogP contribution in [0.1, 0.15) is 27.5 Å². The molecule has 2 aromatic heterocycles. The summed E-state index contributed by atoms with van der Waals surface area (Å²) in [6.07, 6.45) is 1.48. The van der Waals surface area contributed by atoms with Gasteiger partial charge in [-0.15, -0.1) is 0 Å². The number of hydrogen-bond donors (Lipinski definition) is 2. The lowest BCUT2D eigenvalue weighted by Crippen LogP contribution is -2.29. The molecule has 9 heteroatoms. The second-order valence-corrected chi connectivity index (χ2v) is 9.20. The van der Waals surface area contributed by atoms with E-state index in [1.165, 1.54) is 18.4 Å². The molecular formula is C23H24N4O4S. The molecule has 0 atom stereocenters. The molecular weight excluding hydrogens is 428 g/mol. The highest BCUT2D eigenvalue weighted by atomic mass is 32.2. The summed E-state index contributed by atoms with van der Waals surface area (Å²) in [7, 11) is -3.80. The number of imidazole rings is 1. The second-order valence-electron chi connectivity index (χ2n) is 7.44. The van der Waals surface area contributed by atoms with Crippen LogP contribution < -0.4 is 10.0 Å². The number of aromatic nitrogens is 2. The fourth-order valence-corrected chi connectivity index (χ4v) is 4.55. The van der Waals surface area contributed by atoms with Gasteiger partial charge in [0.25, 0.3) is 5.91 Å². The van der Waals surface area contributed by atoms with Crippen LogP contribution >= 0.6 is 0 Å². The highest BCUT2D eigenvalue weighted by Gasteiger charge is 2.18. The normalized spacial score (nSPS) is 11.7. The van der Waals surface area contributed by atoms with Gasteiger partial charge in [-0.2, -0.15) is 0 Å².